The van der Waals surface area contributed by atoms with Crippen molar-refractivity contribution < 1.29 is 18.7 Å². The third-order valence-corrected chi connectivity index (χ3v) is 4.75. The molecule has 2 aromatic carbocycles. The van der Waals surface area contributed by atoms with Crippen LogP contribution in [-0.2, 0) is 4.79 Å². The molecule has 0 saturated carbocycles. The van der Waals surface area contributed by atoms with Crippen LogP contribution in [0.2, 0.25) is 0 Å². The Hall–Kier alpha value is -2.69. The van der Waals surface area contributed by atoms with Crippen LogP contribution in [0.1, 0.15) is 53.6 Å². The predicted molar refractivity (Wildman–Crippen MR) is 97.1 cm³/mol. The van der Waals surface area contributed by atoms with Gasteiger partial charge in [-0.25, -0.2) is 4.39 Å². The Morgan fingerprint density at radius 2 is 2.00 bits per heavy atom. The maximum absolute atomic E-state index is 14.0. The fourth-order valence-electron chi connectivity index (χ4n) is 3.31. The fraction of sp³-hybridized carbons (Fsp3) is 0.333. The molecule has 3 rings (SSSR count). The van der Waals surface area contributed by atoms with Gasteiger partial charge < -0.3 is 10.1 Å². The van der Waals surface area contributed by atoms with E-state index in [1.54, 1.807) is 0 Å². The summed E-state index contributed by atoms with van der Waals surface area (Å²) in [4.78, 5) is 24.2. The first-order valence-corrected chi connectivity index (χ1v) is 8.77. The minimum absolute atomic E-state index is 0.139. The van der Waals surface area contributed by atoms with Gasteiger partial charge in [0.15, 0.2) is 12.4 Å². The average molecular weight is 355 g/mol. The third kappa shape index (κ3) is 3.77. The van der Waals surface area contributed by atoms with E-state index >= 15 is 0 Å². The normalized spacial score (nSPS) is 16.9. The van der Waals surface area contributed by atoms with Crippen molar-refractivity contribution in [2.45, 2.75) is 32.1 Å². The molecule has 2 unspecified atom stereocenters. The highest BCUT2D eigenvalue weighted by Gasteiger charge is 2.32. The van der Waals surface area contributed by atoms with Gasteiger partial charge in [0.1, 0.15) is 11.6 Å². The summed E-state index contributed by atoms with van der Waals surface area (Å²) in [6, 6.07) is 12.6. The number of nitrogens with one attached hydrogen (secondary N) is 1. The summed E-state index contributed by atoms with van der Waals surface area (Å²) >= 11 is 0. The topological polar surface area (TPSA) is 55.4 Å². The monoisotopic (exact) mass is 355 g/mol. The van der Waals surface area contributed by atoms with Crippen LogP contribution in [0.4, 0.5) is 4.39 Å². The quantitative estimate of drug-likeness (QED) is 0.857. The summed E-state index contributed by atoms with van der Waals surface area (Å²) in [7, 11) is 0. The lowest BCUT2D eigenvalue weighted by molar-refractivity contribution is -0.123. The molecule has 1 aliphatic rings. The Labute approximate surface area is 152 Å². The van der Waals surface area contributed by atoms with Gasteiger partial charge in [-0.1, -0.05) is 44.2 Å². The van der Waals surface area contributed by atoms with Crippen molar-refractivity contribution in [1.29, 1.82) is 0 Å². The second-order valence-corrected chi connectivity index (χ2v) is 6.77. The van der Waals surface area contributed by atoms with Crippen molar-refractivity contribution in [2.75, 3.05) is 13.2 Å². The van der Waals surface area contributed by atoms with E-state index < -0.39 is 5.82 Å². The SMILES string of the molecule is CC(CNC(=O)COc1ccc(F)c2c1C(=O)CC2C)c1ccccc1. The van der Waals surface area contributed by atoms with Crippen LogP contribution in [0.3, 0.4) is 0 Å². The number of ether oxygens (including phenoxy) is 1. The van der Waals surface area contributed by atoms with Crippen molar-refractivity contribution >= 4 is 11.7 Å². The van der Waals surface area contributed by atoms with Crippen LogP contribution in [-0.4, -0.2) is 24.8 Å². The molecule has 0 spiro atoms. The molecule has 136 valence electrons. The van der Waals surface area contributed by atoms with E-state index in [0.29, 0.717) is 12.1 Å². The Bertz CT molecular complexity index is 820. The standard InChI is InChI=1S/C21H22FNO3/c1-13-10-17(24)21-18(9-8-16(22)20(13)21)26-12-19(25)23-11-14(2)15-6-4-3-5-7-15/h3-9,13-14H,10-12H2,1-2H3,(H,23,25). The van der Waals surface area contributed by atoms with Crippen molar-refractivity contribution in [3.63, 3.8) is 0 Å². The summed E-state index contributed by atoms with van der Waals surface area (Å²) < 4.78 is 19.5. The molecular weight excluding hydrogens is 333 g/mol. The summed E-state index contributed by atoms with van der Waals surface area (Å²) in [5, 5.41) is 2.83. The largest absolute Gasteiger partial charge is 0.483 e. The van der Waals surface area contributed by atoms with Crippen LogP contribution >= 0.6 is 0 Å². The van der Waals surface area contributed by atoms with Crippen LogP contribution in [0.15, 0.2) is 42.5 Å². The number of Topliss-reactive ketones (excluding diaryl/α,β-unsaturated/α-hetero) is 1. The van der Waals surface area contributed by atoms with Crippen molar-refractivity contribution in [3.8, 4) is 5.75 Å². The van der Waals surface area contributed by atoms with E-state index in [2.05, 4.69) is 5.32 Å². The minimum atomic E-state index is -0.396. The zero-order valence-electron chi connectivity index (χ0n) is 14.9. The number of benzene rings is 2. The summed E-state index contributed by atoms with van der Waals surface area (Å²) in [5.41, 5.74) is 1.82. The molecule has 1 amide bonds. The zero-order valence-corrected chi connectivity index (χ0v) is 14.9. The highest BCUT2D eigenvalue weighted by Crippen LogP contribution is 2.39. The molecule has 0 radical (unpaired) electrons. The van der Waals surface area contributed by atoms with Crippen molar-refractivity contribution in [1.82, 2.24) is 5.32 Å². The van der Waals surface area contributed by atoms with Gasteiger partial charge in [0.2, 0.25) is 0 Å². The molecule has 0 bridgehead atoms. The maximum atomic E-state index is 14.0. The number of halogens is 1. The van der Waals surface area contributed by atoms with Crippen LogP contribution in [0, 0.1) is 5.82 Å². The van der Waals surface area contributed by atoms with Gasteiger partial charge in [0, 0.05) is 18.5 Å². The number of carbonyl (C=O) groups excluding carboxylic acids is 2. The minimum Gasteiger partial charge on any atom is -0.483 e. The molecule has 1 aliphatic carbocycles. The summed E-state index contributed by atoms with van der Waals surface area (Å²) in [6.45, 7) is 4.13. The predicted octanol–water partition coefficient (Wildman–Crippen LogP) is 3.81. The van der Waals surface area contributed by atoms with Gasteiger partial charge in [-0.15, -0.1) is 0 Å². The van der Waals surface area contributed by atoms with E-state index in [0.717, 1.165) is 5.56 Å². The van der Waals surface area contributed by atoms with E-state index in [-0.39, 0.29) is 47.9 Å². The van der Waals surface area contributed by atoms with E-state index in [9.17, 15) is 14.0 Å². The molecule has 2 atom stereocenters. The summed E-state index contributed by atoms with van der Waals surface area (Å²) in [5.74, 6) is -0.516. The Morgan fingerprint density at radius 3 is 2.73 bits per heavy atom. The highest BCUT2D eigenvalue weighted by atomic mass is 19.1. The number of hydrogen-bond acceptors (Lipinski definition) is 3. The number of fused-ring (bicyclic) bond motifs is 1. The van der Waals surface area contributed by atoms with Gasteiger partial charge in [-0.3, -0.25) is 9.59 Å². The Balaban J connectivity index is 1.58. The second-order valence-electron chi connectivity index (χ2n) is 6.77. The first-order chi connectivity index (χ1) is 12.5. The lowest BCUT2D eigenvalue weighted by atomic mass is 10.0. The van der Waals surface area contributed by atoms with Crippen LogP contribution in [0.5, 0.6) is 5.75 Å². The smallest absolute Gasteiger partial charge is 0.257 e. The third-order valence-electron chi connectivity index (χ3n) is 4.75. The van der Waals surface area contributed by atoms with Crippen LogP contribution in [0.25, 0.3) is 0 Å². The fourth-order valence-corrected chi connectivity index (χ4v) is 3.31. The molecule has 0 heterocycles. The number of amides is 1. The molecular formula is C21H22FNO3. The maximum Gasteiger partial charge on any atom is 0.257 e. The molecule has 5 heteroatoms. The number of ketones is 1. The number of carbonyl (C=O) groups is 2. The molecule has 0 aliphatic heterocycles. The van der Waals surface area contributed by atoms with Gasteiger partial charge in [-0.05, 0) is 29.5 Å². The van der Waals surface area contributed by atoms with Crippen LogP contribution < -0.4 is 10.1 Å². The van der Waals surface area contributed by atoms with Gasteiger partial charge in [-0.2, -0.15) is 0 Å². The average Bonchev–Trinajstić information content (AvgIpc) is 2.95. The zero-order chi connectivity index (χ0) is 18.7. The van der Waals surface area contributed by atoms with Gasteiger partial charge in [0.25, 0.3) is 5.91 Å². The lowest BCUT2D eigenvalue weighted by Crippen LogP contribution is -2.32. The van der Waals surface area contributed by atoms with E-state index in [1.165, 1.54) is 12.1 Å². The molecule has 0 aromatic heterocycles. The van der Waals surface area contributed by atoms with E-state index in [4.69, 9.17) is 4.74 Å². The first kappa shape index (κ1) is 18.1. The van der Waals surface area contributed by atoms with Gasteiger partial charge >= 0.3 is 0 Å². The number of hydrogen-bond donors (Lipinski definition) is 1. The molecule has 26 heavy (non-hydrogen) atoms. The first-order valence-electron chi connectivity index (χ1n) is 8.77. The molecule has 2 aromatic rings. The molecule has 4 nitrogen and oxygen atoms in total. The van der Waals surface area contributed by atoms with E-state index in [1.807, 2.05) is 44.2 Å². The Kier molecular flexibility index (Phi) is 5.35. The Morgan fingerprint density at radius 1 is 1.27 bits per heavy atom. The second kappa shape index (κ2) is 7.68. The number of rotatable bonds is 6. The summed E-state index contributed by atoms with van der Waals surface area (Å²) in [6.07, 6.45) is 0.271. The highest BCUT2D eigenvalue weighted by molar-refractivity contribution is 6.03. The molecule has 0 fully saturated rings. The lowest BCUT2D eigenvalue weighted by Gasteiger charge is -2.14. The van der Waals surface area contributed by atoms with Gasteiger partial charge in [0.05, 0.1) is 5.56 Å². The molecule has 0 saturated heterocycles. The van der Waals surface area contributed by atoms with Crippen molar-refractivity contribution in [3.05, 3.63) is 65.0 Å². The van der Waals surface area contributed by atoms with Crippen molar-refractivity contribution in [2.24, 2.45) is 0 Å². The molecule has 1 N–H and O–H groups in total.